The van der Waals surface area contributed by atoms with Crippen molar-refractivity contribution in [1.29, 1.82) is 0 Å². The lowest BCUT2D eigenvalue weighted by molar-refractivity contribution is 0.971. The number of fused-ring (bicyclic) bond motifs is 1. The van der Waals surface area contributed by atoms with Crippen molar-refractivity contribution in [2.45, 2.75) is 13.5 Å². The fraction of sp³-hybridized carbons (Fsp3) is 0.125. The molecule has 0 unspecified atom stereocenters. The summed E-state index contributed by atoms with van der Waals surface area (Å²) in [5, 5.41) is 3.29. The Labute approximate surface area is 130 Å². The Morgan fingerprint density at radius 1 is 1.24 bits per heavy atom. The highest BCUT2D eigenvalue weighted by Crippen LogP contribution is 2.20. The molecule has 106 valence electrons. The van der Waals surface area contributed by atoms with Crippen molar-refractivity contribution in [2.75, 3.05) is 5.32 Å². The summed E-state index contributed by atoms with van der Waals surface area (Å²) in [6.07, 6.45) is 1.72. The van der Waals surface area contributed by atoms with Gasteiger partial charge in [0.15, 0.2) is 0 Å². The van der Waals surface area contributed by atoms with Gasteiger partial charge in [0, 0.05) is 22.4 Å². The van der Waals surface area contributed by atoms with Gasteiger partial charge >= 0.3 is 0 Å². The number of hydrogen-bond donors (Lipinski definition) is 1. The SMILES string of the molecule is Cc1cc(NCc2cc(=O)n3ccccc3n2)ccc1Br. The van der Waals surface area contributed by atoms with Gasteiger partial charge in [-0.15, -0.1) is 0 Å². The molecule has 0 fully saturated rings. The molecule has 1 N–H and O–H groups in total. The van der Waals surface area contributed by atoms with Crippen LogP contribution in [0.3, 0.4) is 0 Å². The van der Waals surface area contributed by atoms with Gasteiger partial charge in [-0.25, -0.2) is 4.98 Å². The highest BCUT2D eigenvalue weighted by molar-refractivity contribution is 9.10. The number of nitrogens with one attached hydrogen (secondary N) is 1. The predicted octanol–water partition coefficient (Wildman–Crippen LogP) is 3.38. The van der Waals surface area contributed by atoms with Crippen LogP contribution in [0.1, 0.15) is 11.3 Å². The number of halogens is 1. The molecule has 0 atom stereocenters. The second kappa shape index (κ2) is 5.69. The van der Waals surface area contributed by atoms with Gasteiger partial charge in [-0.05, 0) is 42.8 Å². The van der Waals surface area contributed by atoms with E-state index in [1.807, 2.05) is 37.3 Å². The molecule has 0 radical (unpaired) electrons. The zero-order valence-electron chi connectivity index (χ0n) is 11.5. The van der Waals surface area contributed by atoms with Gasteiger partial charge in [-0.3, -0.25) is 9.20 Å². The first-order chi connectivity index (χ1) is 10.1. The molecular weight excluding hydrogens is 330 g/mol. The Balaban J connectivity index is 1.85. The lowest BCUT2D eigenvalue weighted by Gasteiger charge is -2.08. The van der Waals surface area contributed by atoms with E-state index in [-0.39, 0.29) is 5.56 Å². The Morgan fingerprint density at radius 3 is 2.90 bits per heavy atom. The summed E-state index contributed by atoms with van der Waals surface area (Å²) in [4.78, 5) is 16.5. The van der Waals surface area contributed by atoms with Crippen LogP contribution < -0.4 is 10.9 Å². The molecule has 0 saturated carbocycles. The molecule has 3 aromatic rings. The highest BCUT2D eigenvalue weighted by atomic mass is 79.9. The highest BCUT2D eigenvalue weighted by Gasteiger charge is 2.02. The van der Waals surface area contributed by atoms with Gasteiger partial charge in [-0.1, -0.05) is 22.0 Å². The van der Waals surface area contributed by atoms with Crippen LogP contribution in [0.5, 0.6) is 0 Å². The van der Waals surface area contributed by atoms with E-state index in [0.717, 1.165) is 21.4 Å². The van der Waals surface area contributed by atoms with Gasteiger partial charge in [-0.2, -0.15) is 0 Å². The first kappa shape index (κ1) is 13.8. The topological polar surface area (TPSA) is 46.4 Å². The number of aryl methyl sites for hydroxylation is 1. The summed E-state index contributed by atoms with van der Waals surface area (Å²) < 4.78 is 2.61. The molecule has 4 nitrogen and oxygen atoms in total. The first-order valence-corrected chi connectivity index (χ1v) is 7.40. The van der Waals surface area contributed by atoms with E-state index in [2.05, 4.69) is 32.3 Å². The molecule has 21 heavy (non-hydrogen) atoms. The number of benzene rings is 1. The fourth-order valence-electron chi connectivity index (χ4n) is 2.14. The third-order valence-corrected chi connectivity index (χ3v) is 4.15. The maximum absolute atomic E-state index is 12.0. The van der Waals surface area contributed by atoms with Gasteiger partial charge in [0.1, 0.15) is 5.65 Å². The molecule has 0 aliphatic heterocycles. The maximum Gasteiger partial charge on any atom is 0.258 e. The summed E-state index contributed by atoms with van der Waals surface area (Å²) >= 11 is 3.48. The maximum atomic E-state index is 12.0. The molecule has 0 spiro atoms. The Morgan fingerprint density at radius 2 is 2.10 bits per heavy atom. The van der Waals surface area contributed by atoms with Crippen molar-refractivity contribution in [3.05, 3.63) is 74.7 Å². The molecule has 2 aromatic heterocycles. The first-order valence-electron chi connectivity index (χ1n) is 6.61. The molecule has 5 heteroatoms. The van der Waals surface area contributed by atoms with Crippen LogP contribution in [-0.4, -0.2) is 9.38 Å². The summed E-state index contributed by atoms with van der Waals surface area (Å²) in [6.45, 7) is 2.55. The molecule has 0 bridgehead atoms. The minimum Gasteiger partial charge on any atom is -0.379 e. The van der Waals surface area contributed by atoms with Crippen molar-refractivity contribution < 1.29 is 0 Å². The van der Waals surface area contributed by atoms with Gasteiger partial charge in [0.2, 0.25) is 0 Å². The van der Waals surface area contributed by atoms with Crippen molar-refractivity contribution in [1.82, 2.24) is 9.38 Å². The number of hydrogen-bond acceptors (Lipinski definition) is 3. The number of anilines is 1. The van der Waals surface area contributed by atoms with Crippen LogP contribution in [0, 0.1) is 6.92 Å². The molecule has 0 aliphatic carbocycles. The largest absolute Gasteiger partial charge is 0.379 e. The number of rotatable bonds is 3. The van der Waals surface area contributed by atoms with E-state index in [0.29, 0.717) is 12.2 Å². The third kappa shape index (κ3) is 2.97. The van der Waals surface area contributed by atoms with Crippen molar-refractivity contribution in [3.8, 4) is 0 Å². The summed E-state index contributed by atoms with van der Waals surface area (Å²) in [7, 11) is 0. The second-order valence-corrected chi connectivity index (χ2v) is 5.69. The van der Waals surface area contributed by atoms with E-state index in [4.69, 9.17) is 0 Å². The predicted molar refractivity (Wildman–Crippen MR) is 87.7 cm³/mol. The van der Waals surface area contributed by atoms with Crippen LogP contribution in [0.4, 0.5) is 5.69 Å². The minimum atomic E-state index is -0.0654. The van der Waals surface area contributed by atoms with Gasteiger partial charge < -0.3 is 5.32 Å². The van der Waals surface area contributed by atoms with E-state index in [1.54, 1.807) is 12.3 Å². The van der Waals surface area contributed by atoms with E-state index >= 15 is 0 Å². The number of pyridine rings is 1. The number of nitrogens with zero attached hydrogens (tertiary/aromatic N) is 2. The second-order valence-electron chi connectivity index (χ2n) is 4.83. The zero-order chi connectivity index (χ0) is 14.8. The molecule has 2 heterocycles. The minimum absolute atomic E-state index is 0.0654. The lowest BCUT2D eigenvalue weighted by atomic mass is 10.2. The van der Waals surface area contributed by atoms with Gasteiger partial charge in [0.25, 0.3) is 5.56 Å². The van der Waals surface area contributed by atoms with E-state index in [1.165, 1.54) is 4.40 Å². The lowest BCUT2D eigenvalue weighted by Crippen LogP contribution is -2.16. The van der Waals surface area contributed by atoms with E-state index < -0.39 is 0 Å². The standard InChI is InChI=1S/C16H14BrN3O/c1-11-8-12(5-6-14(11)17)18-10-13-9-16(21)20-7-3-2-4-15(20)19-13/h2-9,18H,10H2,1H3. The van der Waals surface area contributed by atoms with E-state index in [9.17, 15) is 4.79 Å². The quantitative estimate of drug-likeness (QED) is 0.792. The Bertz CT molecular complexity index is 858. The Kier molecular flexibility index (Phi) is 3.75. The monoisotopic (exact) mass is 343 g/mol. The summed E-state index contributed by atoms with van der Waals surface area (Å²) in [5.41, 5.74) is 3.49. The number of aromatic nitrogens is 2. The fourth-order valence-corrected chi connectivity index (χ4v) is 2.39. The van der Waals surface area contributed by atoms with Crippen LogP contribution in [0.25, 0.3) is 5.65 Å². The third-order valence-electron chi connectivity index (χ3n) is 3.26. The molecule has 0 amide bonds. The molecule has 0 saturated heterocycles. The van der Waals surface area contributed by atoms with Crippen LogP contribution in [-0.2, 0) is 6.54 Å². The normalized spacial score (nSPS) is 10.8. The molecule has 1 aromatic carbocycles. The molecular formula is C16H14BrN3O. The van der Waals surface area contributed by atoms with Crippen LogP contribution >= 0.6 is 15.9 Å². The molecule has 0 aliphatic rings. The average molecular weight is 344 g/mol. The van der Waals surface area contributed by atoms with Crippen molar-refractivity contribution in [2.24, 2.45) is 0 Å². The average Bonchev–Trinajstić information content (AvgIpc) is 2.49. The Hall–Kier alpha value is -2.14. The molecule has 3 rings (SSSR count). The summed E-state index contributed by atoms with van der Waals surface area (Å²) in [5.74, 6) is 0. The van der Waals surface area contributed by atoms with Crippen molar-refractivity contribution in [3.63, 3.8) is 0 Å². The summed E-state index contributed by atoms with van der Waals surface area (Å²) in [6, 6.07) is 13.1. The van der Waals surface area contributed by atoms with Crippen molar-refractivity contribution >= 4 is 27.3 Å². The zero-order valence-corrected chi connectivity index (χ0v) is 13.1. The van der Waals surface area contributed by atoms with Gasteiger partial charge in [0.05, 0.1) is 12.2 Å². The van der Waals surface area contributed by atoms with Crippen LogP contribution in [0.15, 0.2) is 57.9 Å². The van der Waals surface area contributed by atoms with Crippen LogP contribution in [0.2, 0.25) is 0 Å². The smallest absolute Gasteiger partial charge is 0.258 e.